The molecular formula is C41H25N3S. The second kappa shape index (κ2) is 10.5. The number of aromatic nitrogens is 3. The second-order valence-electron chi connectivity index (χ2n) is 11.3. The first-order valence-electron chi connectivity index (χ1n) is 15.0. The zero-order valence-electron chi connectivity index (χ0n) is 24.2. The van der Waals surface area contributed by atoms with Gasteiger partial charge in [-0.15, -0.1) is 11.3 Å². The van der Waals surface area contributed by atoms with Gasteiger partial charge in [0, 0.05) is 36.9 Å². The smallest absolute Gasteiger partial charge is 0.165 e. The van der Waals surface area contributed by atoms with Crippen molar-refractivity contribution < 1.29 is 0 Å². The fraction of sp³-hybridized carbons (Fsp3) is 0. The molecule has 2 aromatic heterocycles. The van der Waals surface area contributed by atoms with Crippen molar-refractivity contribution in [2.24, 2.45) is 0 Å². The van der Waals surface area contributed by atoms with Crippen molar-refractivity contribution in [2.75, 3.05) is 0 Å². The van der Waals surface area contributed by atoms with Gasteiger partial charge in [-0.05, 0) is 56.9 Å². The van der Waals surface area contributed by atoms with Crippen LogP contribution in [0.5, 0.6) is 0 Å². The maximum atomic E-state index is 5.13. The van der Waals surface area contributed by atoms with Gasteiger partial charge in [-0.3, -0.25) is 0 Å². The van der Waals surface area contributed by atoms with Crippen LogP contribution in [0.15, 0.2) is 152 Å². The maximum Gasteiger partial charge on any atom is 0.165 e. The van der Waals surface area contributed by atoms with Crippen molar-refractivity contribution in [3.8, 4) is 45.3 Å². The van der Waals surface area contributed by atoms with Crippen molar-refractivity contribution in [1.29, 1.82) is 0 Å². The molecule has 0 aliphatic rings. The lowest BCUT2D eigenvalue weighted by Crippen LogP contribution is -2.00. The summed E-state index contributed by atoms with van der Waals surface area (Å²) in [6.07, 6.45) is 0. The molecule has 0 spiro atoms. The Labute approximate surface area is 264 Å². The molecule has 0 amide bonds. The molecule has 0 saturated heterocycles. The first-order chi connectivity index (χ1) is 22.3. The van der Waals surface area contributed by atoms with Crippen molar-refractivity contribution >= 4 is 53.1 Å². The Bertz CT molecular complexity index is 2540. The van der Waals surface area contributed by atoms with Crippen LogP contribution >= 0.6 is 11.3 Å². The summed E-state index contributed by atoms with van der Waals surface area (Å²) >= 11 is 1.79. The molecule has 0 aliphatic carbocycles. The van der Waals surface area contributed by atoms with Crippen LogP contribution in [0.25, 0.3) is 87.0 Å². The largest absolute Gasteiger partial charge is 0.208 e. The highest BCUT2D eigenvalue weighted by Gasteiger charge is 2.17. The number of hydrogen-bond donors (Lipinski definition) is 0. The molecule has 0 aliphatic heterocycles. The van der Waals surface area contributed by atoms with E-state index in [-0.39, 0.29) is 0 Å². The van der Waals surface area contributed by atoms with Gasteiger partial charge in [-0.25, -0.2) is 15.0 Å². The molecule has 0 N–H and O–H groups in total. The van der Waals surface area contributed by atoms with E-state index >= 15 is 0 Å². The van der Waals surface area contributed by atoms with Gasteiger partial charge in [0.25, 0.3) is 0 Å². The Morgan fingerprint density at radius 1 is 0.356 bits per heavy atom. The number of hydrogen-bond acceptors (Lipinski definition) is 4. The predicted octanol–water partition coefficient (Wildman–Crippen LogP) is 11.2. The van der Waals surface area contributed by atoms with Crippen molar-refractivity contribution in [3.63, 3.8) is 0 Å². The van der Waals surface area contributed by atoms with Gasteiger partial charge in [0.2, 0.25) is 0 Å². The number of fused-ring (bicyclic) bond motifs is 5. The lowest BCUT2D eigenvalue weighted by molar-refractivity contribution is 1.08. The monoisotopic (exact) mass is 591 g/mol. The normalized spacial score (nSPS) is 11.6. The molecule has 0 fully saturated rings. The van der Waals surface area contributed by atoms with E-state index in [1.807, 2.05) is 18.2 Å². The fourth-order valence-corrected chi connectivity index (χ4v) is 7.51. The van der Waals surface area contributed by atoms with Crippen LogP contribution in [-0.4, -0.2) is 15.0 Å². The highest BCUT2D eigenvalue weighted by Crippen LogP contribution is 2.40. The summed E-state index contributed by atoms with van der Waals surface area (Å²) in [4.78, 5) is 15.2. The summed E-state index contributed by atoms with van der Waals surface area (Å²) in [6.45, 7) is 0. The Balaban J connectivity index is 1.23. The summed E-state index contributed by atoms with van der Waals surface area (Å²) in [5, 5.41) is 7.30. The van der Waals surface area contributed by atoms with Crippen molar-refractivity contribution in [2.45, 2.75) is 0 Å². The molecular weight excluding hydrogens is 567 g/mol. The average molecular weight is 592 g/mol. The molecule has 0 bridgehead atoms. The Kier molecular flexibility index (Phi) is 6.00. The van der Waals surface area contributed by atoms with Crippen LogP contribution in [0.3, 0.4) is 0 Å². The third-order valence-electron chi connectivity index (χ3n) is 8.51. The standard InChI is InChI=1S/C41H25N3S/c1-2-11-28(12-3-1)39-42-40(44-41(43-39)36-18-9-17-35-34-15-6-7-19-37(34)45-38(35)36)30-23-21-26-20-22-29(24-31(26)25-30)33-16-8-13-27-10-4-5-14-32(27)33/h1-25H. The van der Waals surface area contributed by atoms with Gasteiger partial charge in [0.05, 0.1) is 0 Å². The van der Waals surface area contributed by atoms with E-state index < -0.39 is 0 Å². The van der Waals surface area contributed by atoms with Gasteiger partial charge < -0.3 is 0 Å². The average Bonchev–Trinajstić information content (AvgIpc) is 3.50. The molecule has 3 nitrogen and oxygen atoms in total. The molecule has 0 atom stereocenters. The SMILES string of the molecule is c1ccc(-c2nc(-c3ccc4ccc(-c5cccc6ccccc56)cc4c3)nc(-c3cccc4c3sc3ccccc34)n2)cc1. The molecule has 45 heavy (non-hydrogen) atoms. The molecule has 0 radical (unpaired) electrons. The fourth-order valence-electron chi connectivity index (χ4n) is 6.30. The Morgan fingerprint density at radius 2 is 0.978 bits per heavy atom. The lowest BCUT2D eigenvalue weighted by Gasteiger charge is -2.11. The Morgan fingerprint density at radius 3 is 1.87 bits per heavy atom. The number of nitrogens with zero attached hydrogens (tertiary/aromatic N) is 3. The zero-order chi connectivity index (χ0) is 29.7. The summed E-state index contributed by atoms with van der Waals surface area (Å²) in [7, 11) is 0. The van der Waals surface area contributed by atoms with Crippen LogP contribution < -0.4 is 0 Å². The summed E-state index contributed by atoms with van der Waals surface area (Å²) < 4.78 is 2.45. The van der Waals surface area contributed by atoms with E-state index in [4.69, 9.17) is 15.0 Å². The van der Waals surface area contributed by atoms with E-state index in [0.717, 1.165) is 22.1 Å². The third kappa shape index (κ3) is 4.46. The van der Waals surface area contributed by atoms with Crippen LogP contribution in [0, 0.1) is 0 Å². The van der Waals surface area contributed by atoms with Gasteiger partial charge in [-0.1, -0.05) is 127 Å². The summed E-state index contributed by atoms with van der Waals surface area (Å²) in [6, 6.07) is 53.4. The predicted molar refractivity (Wildman–Crippen MR) is 189 cm³/mol. The Hall–Kier alpha value is -5.71. The highest BCUT2D eigenvalue weighted by molar-refractivity contribution is 7.26. The number of rotatable bonds is 4. The third-order valence-corrected chi connectivity index (χ3v) is 9.73. The van der Waals surface area contributed by atoms with Crippen LogP contribution in [0.4, 0.5) is 0 Å². The first-order valence-corrected chi connectivity index (χ1v) is 15.8. The molecule has 2 heterocycles. The van der Waals surface area contributed by atoms with Gasteiger partial charge in [0.15, 0.2) is 17.5 Å². The maximum absolute atomic E-state index is 5.13. The molecule has 0 unspecified atom stereocenters. The number of benzene rings is 7. The van der Waals surface area contributed by atoms with E-state index in [9.17, 15) is 0 Å². The first kappa shape index (κ1) is 25.8. The van der Waals surface area contributed by atoms with Crippen molar-refractivity contribution in [1.82, 2.24) is 15.0 Å². The topological polar surface area (TPSA) is 38.7 Å². The van der Waals surface area contributed by atoms with Gasteiger partial charge in [0.1, 0.15) is 0 Å². The summed E-state index contributed by atoms with van der Waals surface area (Å²) in [5.41, 5.74) is 5.36. The van der Waals surface area contributed by atoms with Crippen LogP contribution in [0.1, 0.15) is 0 Å². The van der Waals surface area contributed by atoms with E-state index in [0.29, 0.717) is 17.5 Å². The minimum atomic E-state index is 0.662. The lowest BCUT2D eigenvalue weighted by atomic mass is 9.95. The van der Waals surface area contributed by atoms with E-state index in [1.54, 1.807) is 11.3 Å². The van der Waals surface area contributed by atoms with Gasteiger partial charge >= 0.3 is 0 Å². The highest BCUT2D eigenvalue weighted by atomic mass is 32.1. The summed E-state index contributed by atoms with van der Waals surface area (Å²) in [5.74, 6) is 2.01. The quantitative estimate of drug-likeness (QED) is 0.204. The molecule has 9 aromatic rings. The molecule has 210 valence electrons. The van der Waals surface area contributed by atoms with Crippen molar-refractivity contribution in [3.05, 3.63) is 152 Å². The van der Waals surface area contributed by atoms with Gasteiger partial charge in [-0.2, -0.15) is 0 Å². The molecule has 7 aromatic carbocycles. The van der Waals surface area contributed by atoms with Crippen LogP contribution in [-0.2, 0) is 0 Å². The zero-order valence-corrected chi connectivity index (χ0v) is 25.0. The molecule has 9 rings (SSSR count). The molecule has 4 heteroatoms. The number of thiophene rings is 1. The minimum absolute atomic E-state index is 0.662. The minimum Gasteiger partial charge on any atom is -0.208 e. The molecule has 0 saturated carbocycles. The second-order valence-corrected chi connectivity index (χ2v) is 12.3. The van der Waals surface area contributed by atoms with Crippen LogP contribution in [0.2, 0.25) is 0 Å². The van der Waals surface area contributed by atoms with E-state index in [2.05, 4.69) is 133 Å². The van der Waals surface area contributed by atoms with E-state index in [1.165, 1.54) is 47.5 Å².